The quantitative estimate of drug-likeness (QED) is 0.512. The fraction of sp³-hybridized carbons (Fsp3) is 0.500. The second-order valence-electron chi connectivity index (χ2n) is 5.12. The van der Waals surface area contributed by atoms with Crippen molar-refractivity contribution in [3.63, 3.8) is 0 Å². The van der Waals surface area contributed by atoms with Gasteiger partial charge in [0.25, 0.3) is 0 Å². The van der Waals surface area contributed by atoms with Crippen molar-refractivity contribution >= 4 is 45.3 Å². The number of benzene rings is 1. The number of aryl methyl sites for hydroxylation is 1. The largest absolute Gasteiger partial charge is 0.308 e. The topological polar surface area (TPSA) is 57.7 Å². The molecule has 0 bridgehead atoms. The van der Waals surface area contributed by atoms with Crippen LogP contribution in [0.3, 0.4) is 0 Å². The first-order valence-corrected chi connectivity index (χ1v) is 12.2. The summed E-state index contributed by atoms with van der Waals surface area (Å²) in [6.45, 7) is 2.06. The molecule has 130 valence electrons. The number of hydrogen-bond donors (Lipinski definition) is 0. The van der Waals surface area contributed by atoms with Crippen LogP contribution in [0.5, 0.6) is 0 Å². The number of hydrogen-bond acceptors (Lipinski definition) is 5. The molecular formula is C14H23N2O3PS3. The second kappa shape index (κ2) is 8.12. The maximum Gasteiger partial charge on any atom is 0.308 e. The molecule has 0 aliphatic rings. The molecule has 1 unspecified atom stereocenters. The van der Waals surface area contributed by atoms with E-state index in [1.165, 1.54) is 23.9 Å². The number of nitrogens with zero attached hydrogens (tertiary/aromatic N) is 2. The van der Waals surface area contributed by atoms with Crippen LogP contribution in [0, 0.1) is 6.92 Å². The standard InChI is InChI=1S/C14H23N2O3PS3/c1-6-11-22-20(17,15(4)13(3)21)16(5)23(18,19)14-9-7-12(2)8-10-14/h7-10H,6,11H2,1-5H3. The molecule has 1 rings (SSSR count). The molecule has 1 atom stereocenters. The third kappa shape index (κ3) is 4.57. The van der Waals surface area contributed by atoms with Crippen molar-refractivity contribution in [1.29, 1.82) is 0 Å². The Hall–Kier alpha value is -0.400. The Morgan fingerprint density at radius 2 is 1.78 bits per heavy atom. The molecule has 1 aromatic carbocycles. The molecule has 0 spiro atoms. The summed E-state index contributed by atoms with van der Waals surface area (Å²) in [4.78, 5) is 0.515. The molecule has 0 saturated heterocycles. The Bertz CT molecular complexity index is 704. The molecule has 23 heavy (non-hydrogen) atoms. The van der Waals surface area contributed by atoms with Gasteiger partial charge in [0.1, 0.15) is 0 Å². The van der Waals surface area contributed by atoms with Gasteiger partial charge in [0.05, 0.1) is 9.88 Å². The van der Waals surface area contributed by atoms with Crippen molar-refractivity contribution < 1.29 is 13.0 Å². The summed E-state index contributed by atoms with van der Waals surface area (Å²) in [5.41, 5.74) is 0.960. The Labute approximate surface area is 148 Å². The summed E-state index contributed by atoms with van der Waals surface area (Å²) in [5.74, 6) is 0.581. The van der Waals surface area contributed by atoms with Gasteiger partial charge in [-0.15, -0.1) is 4.08 Å². The van der Waals surface area contributed by atoms with Crippen molar-refractivity contribution in [3.05, 3.63) is 29.8 Å². The summed E-state index contributed by atoms with van der Waals surface area (Å²) in [5, 5.41) is 0. The molecule has 0 aliphatic carbocycles. The fourth-order valence-corrected chi connectivity index (χ4v) is 10.1. The van der Waals surface area contributed by atoms with Gasteiger partial charge >= 0.3 is 6.65 Å². The van der Waals surface area contributed by atoms with E-state index in [0.717, 1.165) is 27.4 Å². The lowest BCUT2D eigenvalue weighted by Gasteiger charge is -2.34. The minimum absolute atomic E-state index is 0.123. The molecule has 5 nitrogen and oxygen atoms in total. The lowest BCUT2D eigenvalue weighted by molar-refractivity contribution is 0.505. The molecule has 0 N–H and O–H groups in total. The van der Waals surface area contributed by atoms with E-state index in [1.807, 2.05) is 13.8 Å². The molecule has 0 fully saturated rings. The lowest BCUT2D eigenvalue weighted by Crippen LogP contribution is -2.32. The summed E-state index contributed by atoms with van der Waals surface area (Å²) < 4.78 is 41.5. The van der Waals surface area contributed by atoms with Gasteiger partial charge in [-0.1, -0.05) is 48.2 Å². The highest BCUT2D eigenvalue weighted by molar-refractivity contribution is 8.57. The second-order valence-corrected chi connectivity index (χ2v) is 13.0. The van der Waals surface area contributed by atoms with E-state index in [9.17, 15) is 13.0 Å². The first-order valence-electron chi connectivity index (χ1n) is 7.12. The van der Waals surface area contributed by atoms with Gasteiger partial charge in [0, 0.05) is 19.8 Å². The minimum Gasteiger partial charge on any atom is -0.300 e. The predicted octanol–water partition coefficient (Wildman–Crippen LogP) is 4.15. The molecule has 0 aromatic heterocycles. The van der Waals surface area contributed by atoms with E-state index >= 15 is 0 Å². The number of rotatable bonds is 7. The Morgan fingerprint density at radius 3 is 2.22 bits per heavy atom. The van der Waals surface area contributed by atoms with Crippen LogP contribution < -0.4 is 0 Å². The average Bonchev–Trinajstić information content (AvgIpc) is 2.51. The third-order valence-electron chi connectivity index (χ3n) is 3.32. The van der Waals surface area contributed by atoms with Crippen LogP contribution in [0.2, 0.25) is 0 Å². The lowest BCUT2D eigenvalue weighted by atomic mass is 10.2. The van der Waals surface area contributed by atoms with E-state index in [0.29, 0.717) is 10.7 Å². The molecule has 1 aromatic rings. The average molecular weight is 395 g/mol. The Morgan fingerprint density at radius 1 is 1.26 bits per heavy atom. The monoisotopic (exact) mass is 394 g/mol. The summed E-state index contributed by atoms with van der Waals surface area (Å²) in [6, 6.07) is 6.50. The van der Waals surface area contributed by atoms with Crippen LogP contribution in [0.25, 0.3) is 0 Å². The van der Waals surface area contributed by atoms with Gasteiger partial charge in [-0.05, 0) is 32.4 Å². The molecule has 0 radical (unpaired) electrons. The summed E-state index contributed by atoms with van der Waals surface area (Å²) in [7, 11) is -0.943. The van der Waals surface area contributed by atoms with Gasteiger partial charge < -0.3 is 0 Å². The molecule has 0 heterocycles. The maximum absolute atomic E-state index is 13.4. The van der Waals surface area contributed by atoms with Gasteiger partial charge in [0.2, 0.25) is 10.0 Å². The van der Waals surface area contributed by atoms with Gasteiger partial charge in [-0.2, -0.15) is 0 Å². The predicted molar refractivity (Wildman–Crippen MR) is 103 cm³/mol. The van der Waals surface area contributed by atoms with E-state index < -0.39 is 16.7 Å². The zero-order valence-electron chi connectivity index (χ0n) is 14.0. The highest BCUT2D eigenvalue weighted by atomic mass is 32.7. The van der Waals surface area contributed by atoms with Crippen LogP contribution in [0.4, 0.5) is 0 Å². The maximum atomic E-state index is 13.4. The van der Waals surface area contributed by atoms with Gasteiger partial charge in [-0.25, -0.2) is 8.42 Å². The van der Waals surface area contributed by atoms with Crippen molar-refractivity contribution in [2.45, 2.75) is 32.1 Å². The molecule has 0 amide bonds. The van der Waals surface area contributed by atoms with Crippen LogP contribution in [0.1, 0.15) is 25.8 Å². The first-order chi connectivity index (χ1) is 10.6. The fourth-order valence-electron chi connectivity index (χ4n) is 1.74. The molecule has 0 saturated carbocycles. The molecule has 0 aliphatic heterocycles. The van der Waals surface area contributed by atoms with E-state index in [1.54, 1.807) is 26.1 Å². The molecular weight excluding hydrogens is 371 g/mol. The zero-order valence-corrected chi connectivity index (χ0v) is 17.4. The third-order valence-corrected chi connectivity index (χ3v) is 12.6. The smallest absolute Gasteiger partial charge is 0.300 e. The Balaban J connectivity index is 3.32. The van der Waals surface area contributed by atoms with Crippen LogP contribution in [0.15, 0.2) is 29.2 Å². The Kier molecular flexibility index (Phi) is 7.29. The van der Waals surface area contributed by atoms with E-state index in [2.05, 4.69) is 0 Å². The first kappa shape index (κ1) is 20.6. The zero-order chi connectivity index (χ0) is 17.8. The van der Waals surface area contributed by atoms with Crippen molar-refractivity contribution in [1.82, 2.24) is 8.75 Å². The van der Waals surface area contributed by atoms with Crippen LogP contribution in [-0.2, 0) is 14.6 Å². The minimum atomic E-state index is -3.87. The highest BCUT2D eigenvalue weighted by Crippen LogP contribution is 2.64. The molecule has 9 heteroatoms. The van der Waals surface area contributed by atoms with E-state index in [4.69, 9.17) is 12.2 Å². The SMILES string of the molecule is CCCSP(=O)(N(C)C(C)=S)N(C)S(=O)(=O)c1ccc(C)cc1. The summed E-state index contributed by atoms with van der Waals surface area (Å²) >= 11 is 6.25. The summed E-state index contributed by atoms with van der Waals surface area (Å²) in [6.07, 6.45) is 0.789. The van der Waals surface area contributed by atoms with Crippen LogP contribution >= 0.6 is 30.2 Å². The van der Waals surface area contributed by atoms with Gasteiger partial charge in [-0.3, -0.25) is 9.24 Å². The number of sulfonamides is 1. The van der Waals surface area contributed by atoms with Crippen molar-refractivity contribution in [2.24, 2.45) is 0 Å². The highest BCUT2D eigenvalue weighted by Gasteiger charge is 2.41. The normalized spacial score (nSPS) is 14.5. The van der Waals surface area contributed by atoms with Crippen LogP contribution in [-0.4, -0.2) is 42.0 Å². The van der Waals surface area contributed by atoms with Gasteiger partial charge in [0.15, 0.2) is 0 Å². The van der Waals surface area contributed by atoms with Crippen molar-refractivity contribution in [2.75, 3.05) is 19.8 Å². The number of thiocarbonyl (C=S) groups is 1. The van der Waals surface area contributed by atoms with E-state index in [-0.39, 0.29) is 4.90 Å². The van der Waals surface area contributed by atoms with Crippen molar-refractivity contribution in [3.8, 4) is 0 Å².